The second-order valence-electron chi connectivity index (χ2n) is 6.04. The van der Waals surface area contributed by atoms with Crippen LogP contribution in [0.5, 0.6) is 5.75 Å². The normalized spacial score (nSPS) is 17.8. The molecule has 1 heterocycles. The molecule has 2 aromatic rings. The molecule has 0 radical (unpaired) electrons. The van der Waals surface area contributed by atoms with Crippen LogP contribution in [0.2, 0.25) is 0 Å². The Kier molecular flexibility index (Phi) is 3.32. The average Bonchev–Trinajstić information content (AvgIpc) is 2.94. The quantitative estimate of drug-likeness (QED) is 0.849. The van der Waals surface area contributed by atoms with E-state index in [0.717, 1.165) is 17.6 Å². The number of imidazole rings is 1. The molecule has 0 saturated heterocycles. The van der Waals surface area contributed by atoms with E-state index in [4.69, 9.17) is 17.0 Å². The molecule has 108 valence electrons. The molecule has 0 unspecified atom stereocenters. The number of aromatic nitrogens is 2. The summed E-state index contributed by atoms with van der Waals surface area (Å²) in [4.78, 5) is 3.09. The van der Waals surface area contributed by atoms with Crippen molar-refractivity contribution in [3.05, 3.63) is 22.7 Å². The van der Waals surface area contributed by atoms with E-state index < -0.39 is 0 Å². The van der Waals surface area contributed by atoms with Crippen LogP contribution in [-0.4, -0.2) is 16.7 Å². The van der Waals surface area contributed by atoms with Crippen molar-refractivity contribution in [1.82, 2.24) is 9.55 Å². The lowest BCUT2D eigenvalue weighted by Gasteiger charge is -2.24. The summed E-state index contributed by atoms with van der Waals surface area (Å²) in [7, 11) is 1.48. The van der Waals surface area contributed by atoms with E-state index in [1.54, 1.807) is 6.07 Å². The van der Waals surface area contributed by atoms with Crippen molar-refractivity contribution in [2.45, 2.75) is 39.2 Å². The lowest BCUT2D eigenvalue weighted by Crippen LogP contribution is -2.19. The summed E-state index contributed by atoms with van der Waals surface area (Å²) in [5.74, 6) is -0.104. The van der Waals surface area contributed by atoms with Crippen LogP contribution in [0.3, 0.4) is 0 Å². The van der Waals surface area contributed by atoms with Gasteiger partial charge in [0.15, 0.2) is 16.3 Å². The van der Waals surface area contributed by atoms with Gasteiger partial charge in [0.05, 0.1) is 18.1 Å². The predicted molar refractivity (Wildman–Crippen MR) is 80.2 cm³/mol. The standard InChI is InChI=1S/C15H19FN2OS/c1-15(5-3-4-6-15)9-18-12-8-13(19-2)10(16)7-11(12)17-14(18)20/h7-8H,3-6,9H2,1-2H3,(H,17,20). The third-order valence-corrected chi connectivity index (χ3v) is 4.72. The van der Waals surface area contributed by atoms with Gasteiger partial charge in [0.1, 0.15) is 0 Å². The zero-order chi connectivity index (χ0) is 14.3. The molecule has 0 spiro atoms. The van der Waals surface area contributed by atoms with Gasteiger partial charge in [-0.25, -0.2) is 4.39 Å². The van der Waals surface area contributed by atoms with Crippen molar-refractivity contribution < 1.29 is 9.13 Å². The molecule has 1 aromatic carbocycles. The molecule has 1 N–H and O–H groups in total. The van der Waals surface area contributed by atoms with Crippen molar-refractivity contribution in [1.29, 1.82) is 0 Å². The van der Waals surface area contributed by atoms with E-state index in [9.17, 15) is 4.39 Å². The summed E-state index contributed by atoms with van der Waals surface area (Å²) >= 11 is 5.40. The van der Waals surface area contributed by atoms with Gasteiger partial charge in [0, 0.05) is 18.7 Å². The molecule has 20 heavy (non-hydrogen) atoms. The minimum absolute atomic E-state index is 0.261. The van der Waals surface area contributed by atoms with Gasteiger partial charge in [0.2, 0.25) is 0 Å². The highest BCUT2D eigenvalue weighted by Gasteiger charge is 2.29. The summed E-state index contributed by atoms with van der Waals surface area (Å²) < 4.78 is 21.6. The van der Waals surface area contributed by atoms with Crippen LogP contribution in [0.15, 0.2) is 12.1 Å². The fourth-order valence-corrected chi connectivity index (χ4v) is 3.51. The molecule has 1 fully saturated rings. The van der Waals surface area contributed by atoms with Crippen LogP contribution in [0.25, 0.3) is 11.0 Å². The van der Waals surface area contributed by atoms with Gasteiger partial charge in [-0.2, -0.15) is 0 Å². The Bertz CT molecular complexity index is 698. The monoisotopic (exact) mass is 294 g/mol. The fourth-order valence-electron chi connectivity index (χ4n) is 3.24. The lowest BCUT2D eigenvalue weighted by molar-refractivity contribution is 0.284. The fraction of sp³-hybridized carbons (Fsp3) is 0.533. The Morgan fingerprint density at radius 3 is 2.75 bits per heavy atom. The molecule has 0 bridgehead atoms. The van der Waals surface area contributed by atoms with Gasteiger partial charge in [-0.15, -0.1) is 0 Å². The average molecular weight is 294 g/mol. The molecular weight excluding hydrogens is 275 g/mol. The van der Waals surface area contributed by atoms with E-state index in [1.165, 1.54) is 38.9 Å². The molecule has 3 rings (SSSR count). The number of nitrogens with one attached hydrogen (secondary N) is 1. The summed E-state index contributed by atoms with van der Waals surface area (Å²) in [5.41, 5.74) is 1.94. The van der Waals surface area contributed by atoms with E-state index >= 15 is 0 Å². The Balaban J connectivity index is 2.10. The first-order chi connectivity index (χ1) is 9.52. The van der Waals surface area contributed by atoms with Crippen molar-refractivity contribution in [3.63, 3.8) is 0 Å². The zero-order valence-electron chi connectivity index (χ0n) is 11.8. The molecule has 0 aliphatic heterocycles. The van der Waals surface area contributed by atoms with Crippen LogP contribution < -0.4 is 4.74 Å². The number of nitrogens with zero attached hydrogens (tertiary/aromatic N) is 1. The molecule has 1 aliphatic rings. The second-order valence-corrected chi connectivity index (χ2v) is 6.42. The maximum atomic E-state index is 13.8. The van der Waals surface area contributed by atoms with Crippen molar-refractivity contribution in [3.8, 4) is 5.75 Å². The van der Waals surface area contributed by atoms with E-state index in [2.05, 4.69) is 16.5 Å². The summed E-state index contributed by atoms with van der Waals surface area (Å²) in [6.45, 7) is 3.18. The molecular formula is C15H19FN2OS. The summed E-state index contributed by atoms with van der Waals surface area (Å²) in [6.07, 6.45) is 5.01. The molecule has 0 atom stereocenters. The van der Waals surface area contributed by atoms with Crippen molar-refractivity contribution in [2.75, 3.05) is 7.11 Å². The third kappa shape index (κ3) is 2.24. The number of H-pyrrole nitrogens is 1. The largest absolute Gasteiger partial charge is 0.494 e. The predicted octanol–water partition coefficient (Wildman–Crippen LogP) is 4.43. The highest BCUT2D eigenvalue weighted by molar-refractivity contribution is 7.71. The maximum Gasteiger partial charge on any atom is 0.178 e. The highest BCUT2D eigenvalue weighted by atomic mass is 32.1. The third-order valence-electron chi connectivity index (χ3n) is 4.40. The van der Waals surface area contributed by atoms with Gasteiger partial charge < -0.3 is 14.3 Å². The first-order valence-electron chi connectivity index (χ1n) is 6.98. The Hall–Kier alpha value is -1.36. The van der Waals surface area contributed by atoms with Gasteiger partial charge in [-0.3, -0.25) is 0 Å². The first kappa shape index (κ1) is 13.6. The number of methoxy groups -OCH3 is 1. The highest BCUT2D eigenvalue weighted by Crippen LogP contribution is 2.40. The topological polar surface area (TPSA) is 29.9 Å². The van der Waals surface area contributed by atoms with Gasteiger partial charge in [0.25, 0.3) is 0 Å². The van der Waals surface area contributed by atoms with Crippen LogP contribution in [0.1, 0.15) is 32.6 Å². The number of halogens is 1. The van der Waals surface area contributed by atoms with Crippen LogP contribution in [-0.2, 0) is 6.54 Å². The summed E-state index contributed by atoms with van der Waals surface area (Å²) in [5, 5.41) is 0. The number of ether oxygens (including phenoxy) is 1. The van der Waals surface area contributed by atoms with E-state index in [1.807, 2.05) is 0 Å². The molecule has 1 aromatic heterocycles. The van der Waals surface area contributed by atoms with E-state index in [-0.39, 0.29) is 17.0 Å². The summed E-state index contributed by atoms with van der Waals surface area (Å²) in [6, 6.07) is 3.19. The number of benzene rings is 1. The molecule has 3 nitrogen and oxygen atoms in total. The van der Waals surface area contributed by atoms with Crippen molar-refractivity contribution in [2.24, 2.45) is 5.41 Å². The number of hydrogen-bond donors (Lipinski definition) is 1. The first-order valence-corrected chi connectivity index (χ1v) is 7.39. The zero-order valence-corrected chi connectivity index (χ0v) is 12.6. The van der Waals surface area contributed by atoms with E-state index in [0.29, 0.717) is 4.77 Å². The number of fused-ring (bicyclic) bond motifs is 1. The minimum atomic E-state index is -0.365. The van der Waals surface area contributed by atoms with Gasteiger partial charge >= 0.3 is 0 Å². The van der Waals surface area contributed by atoms with Crippen LogP contribution >= 0.6 is 12.2 Å². The van der Waals surface area contributed by atoms with Crippen molar-refractivity contribution >= 4 is 23.3 Å². The number of aromatic amines is 1. The Labute approximate surface area is 122 Å². The maximum absolute atomic E-state index is 13.8. The van der Waals surface area contributed by atoms with Gasteiger partial charge in [-0.05, 0) is 30.5 Å². The molecule has 1 saturated carbocycles. The van der Waals surface area contributed by atoms with Gasteiger partial charge in [-0.1, -0.05) is 19.8 Å². The smallest absolute Gasteiger partial charge is 0.178 e. The van der Waals surface area contributed by atoms with Crippen LogP contribution in [0.4, 0.5) is 4.39 Å². The number of rotatable bonds is 3. The van der Waals surface area contributed by atoms with Crippen LogP contribution in [0, 0.1) is 16.0 Å². The number of hydrogen-bond acceptors (Lipinski definition) is 2. The minimum Gasteiger partial charge on any atom is -0.494 e. The second kappa shape index (κ2) is 4.88. The SMILES string of the molecule is COc1cc2c(cc1F)[nH]c(=S)n2CC1(C)CCCC1. The molecule has 1 aliphatic carbocycles. The Morgan fingerprint density at radius 2 is 2.10 bits per heavy atom. The molecule has 5 heteroatoms. The Morgan fingerprint density at radius 1 is 1.40 bits per heavy atom. The lowest BCUT2D eigenvalue weighted by atomic mass is 9.89. The molecule has 0 amide bonds.